The molecule has 0 spiro atoms. The second-order valence-electron chi connectivity index (χ2n) is 4.26. The molecule has 0 radical (unpaired) electrons. The van der Waals surface area contributed by atoms with Gasteiger partial charge in [-0.3, -0.25) is 4.79 Å². The van der Waals surface area contributed by atoms with E-state index in [1.54, 1.807) is 13.8 Å². The Hall–Kier alpha value is -0.330. The first-order chi connectivity index (χ1) is 7.44. The summed E-state index contributed by atoms with van der Waals surface area (Å²) in [5.41, 5.74) is 0. The van der Waals surface area contributed by atoms with Gasteiger partial charge in [0.2, 0.25) is 5.91 Å². The van der Waals surface area contributed by atoms with E-state index < -0.39 is 9.84 Å². The fourth-order valence-electron chi connectivity index (χ4n) is 1.79. The molecule has 5 nitrogen and oxygen atoms in total. The first-order valence-electron chi connectivity index (χ1n) is 5.69. The Balaban J connectivity index is 0.00000256. The molecule has 2 atom stereocenters. The molecule has 1 fully saturated rings. The van der Waals surface area contributed by atoms with Crippen molar-refractivity contribution in [2.24, 2.45) is 0 Å². The third-order valence-corrected chi connectivity index (χ3v) is 4.60. The largest absolute Gasteiger partial charge is 0.351 e. The molecular weight excluding hydrogens is 264 g/mol. The molecule has 2 unspecified atom stereocenters. The molecule has 1 rings (SSSR count). The van der Waals surface area contributed by atoms with Gasteiger partial charge in [-0.25, -0.2) is 8.42 Å². The lowest BCUT2D eigenvalue weighted by atomic mass is 10.2. The zero-order chi connectivity index (χ0) is 12.2. The minimum atomic E-state index is -3.02. The van der Waals surface area contributed by atoms with E-state index in [1.165, 1.54) is 0 Å². The van der Waals surface area contributed by atoms with Crippen LogP contribution in [-0.4, -0.2) is 44.5 Å². The molecule has 0 aromatic heterocycles. The Morgan fingerprint density at radius 1 is 1.53 bits per heavy atom. The maximum absolute atomic E-state index is 11.7. The highest BCUT2D eigenvalue weighted by Crippen LogP contribution is 2.05. The van der Waals surface area contributed by atoms with Gasteiger partial charge in [0.05, 0.1) is 11.8 Å². The number of rotatable bonds is 5. The van der Waals surface area contributed by atoms with E-state index >= 15 is 0 Å². The molecule has 0 aromatic carbocycles. The van der Waals surface area contributed by atoms with E-state index in [0.29, 0.717) is 0 Å². The lowest BCUT2D eigenvalue weighted by molar-refractivity contribution is -0.123. The molecule has 1 saturated heterocycles. The summed E-state index contributed by atoms with van der Waals surface area (Å²) < 4.78 is 22.7. The monoisotopic (exact) mass is 284 g/mol. The fraction of sp³-hybridized carbons (Fsp3) is 0.900. The third kappa shape index (κ3) is 5.70. The highest BCUT2D eigenvalue weighted by Gasteiger charge is 2.24. The maximum atomic E-state index is 11.7. The van der Waals surface area contributed by atoms with Crippen molar-refractivity contribution in [3.63, 3.8) is 0 Å². The van der Waals surface area contributed by atoms with Crippen LogP contribution in [0.4, 0.5) is 0 Å². The molecule has 0 bridgehead atoms. The van der Waals surface area contributed by atoms with Gasteiger partial charge in [0.25, 0.3) is 0 Å². The normalized spacial score (nSPS) is 21.6. The van der Waals surface area contributed by atoms with Gasteiger partial charge in [-0.1, -0.05) is 6.92 Å². The number of nitrogens with one attached hydrogen (secondary N) is 2. The molecule has 17 heavy (non-hydrogen) atoms. The van der Waals surface area contributed by atoms with Crippen molar-refractivity contribution in [3.05, 3.63) is 0 Å². The average Bonchev–Trinajstić information content (AvgIpc) is 2.69. The van der Waals surface area contributed by atoms with Crippen molar-refractivity contribution in [3.8, 4) is 0 Å². The zero-order valence-electron chi connectivity index (χ0n) is 10.2. The Kier molecular flexibility index (Phi) is 7.04. The summed E-state index contributed by atoms with van der Waals surface area (Å²) in [7, 11) is -3.02. The lowest BCUT2D eigenvalue weighted by Crippen LogP contribution is -2.46. The van der Waals surface area contributed by atoms with Crippen LogP contribution in [0, 0.1) is 0 Å². The average molecular weight is 285 g/mol. The molecule has 7 heteroatoms. The molecule has 1 heterocycles. The molecule has 2 N–H and O–H groups in total. The molecule has 102 valence electrons. The van der Waals surface area contributed by atoms with Crippen LogP contribution < -0.4 is 10.6 Å². The number of amides is 1. The van der Waals surface area contributed by atoms with Gasteiger partial charge in [0.15, 0.2) is 9.84 Å². The fourth-order valence-corrected chi connectivity index (χ4v) is 2.87. The minimum absolute atomic E-state index is 0. The van der Waals surface area contributed by atoms with Gasteiger partial charge in [-0.2, -0.15) is 0 Å². The summed E-state index contributed by atoms with van der Waals surface area (Å²) in [6, 6.07) is -0.466. The quantitative estimate of drug-likeness (QED) is 0.751. The number of carbonyl (C=O) groups is 1. The third-order valence-electron chi connectivity index (χ3n) is 2.71. The van der Waals surface area contributed by atoms with Crippen LogP contribution in [0.2, 0.25) is 0 Å². The Morgan fingerprint density at radius 2 is 2.18 bits per heavy atom. The van der Waals surface area contributed by atoms with Crippen LogP contribution in [0.3, 0.4) is 0 Å². The van der Waals surface area contributed by atoms with Crippen molar-refractivity contribution in [1.82, 2.24) is 10.6 Å². The number of hydrogen-bond acceptors (Lipinski definition) is 4. The van der Waals surface area contributed by atoms with Gasteiger partial charge in [0, 0.05) is 11.8 Å². The summed E-state index contributed by atoms with van der Waals surface area (Å²) in [6.45, 7) is 4.20. The molecule has 1 aliphatic heterocycles. The standard InChI is InChI=1S/C10H20N2O3S.ClH/c1-3-16(14,15)7-8(2)12-10(13)9-5-4-6-11-9;/h8-9,11H,3-7H2,1-2H3,(H,12,13);1H. The summed E-state index contributed by atoms with van der Waals surface area (Å²) in [5, 5.41) is 5.81. The Bertz CT molecular complexity index is 339. The molecule has 1 aliphatic rings. The Labute approximate surface area is 109 Å². The van der Waals surface area contributed by atoms with Crippen molar-refractivity contribution < 1.29 is 13.2 Å². The highest BCUT2D eigenvalue weighted by molar-refractivity contribution is 7.91. The summed E-state index contributed by atoms with van der Waals surface area (Å²) in [4.78, 5) is 11.7. The lowest BCUT2D eigenvalue weighted by Gasteiger charge is -2.16. The molecule has 0 aliphatic carbocycles. The van der Waals surface area contributed by atoms with Crippen LogP contribution in [0.5, 0.6) is 0 Å². The number of carbonyl (C=O) groups excluding carboxylic acids is 1. The second kappa shape index (κ2) is 7.18. The van der Waals surface area contributed by atoms with Crippen molar-refractivity contribution in [2.75, 3.05) is 18.1 Å². The summed E-state index contributed by atoms with van der Waals surface area (Å²) in [5.74, 6) is 0.0490. The van der Waals surface area contributed by atoms with Crippen LogP contribution >= 0.6 is 12.4 Å². The first-order valence-corrected chi connectivity index (χ1v) is 7.51. The van der Waals surface area contributed by atoms with Crippen LogP contribution in [0.1, 0.15) is 26.7 Å². The number of sulfone groups is 1. The smallest absolute Gasteiger partial charge is 0.237 e. The second-order valence-corrected chi connectivity index (χ2v) is 6.66. The van der Waals surface area contributed by atoms with E-state index in [1.807, 2.05) is 0 Å². The SMILES string of the molecule is CCS(=O)(=O)CC(C)NC(=O)C1CCCN1.Cl. The Morgan fingerprint density at radius 3 is 2.65 bits per heavy atom. The highest BCUT2D eigenvalue weighted by atomic mass is 35.5. The van der Waals surface area contributed by atoms with Gasteiger partial charge in [0.1, 0.15) is 0 Å². The van der Waals surface area contributed by atoms with E-state index in [-0.39, 0.29) is 41.9 Å². The van der Waals surface area contributed by atoms with Crippen LogP contribution in [0.15, 0.2) is 0 Å². The maximum Gasteiger partial charge on any atom is 0.237 e. The molecular formula is C10H21ClN2O3S. The van der Waals surface area contributed by atoms with Gasteiger partial charge in [-0.05, 0) is 26.3 Å². The topological polar surface area (TPSA) is 75.3 Å². The van der Waals surface area contributed by atoms with E-state index in [0.717, 1.165) is 19.4 Å². The zero-order valence-corrected chi connectivity index (χ0v) is 11.9. The van der Waals surface area contributed by atoms with Crippen LogP contribution in [-0.2, 0) is 14.6 Å². The van der Waals surface area contributed by atoms with Gasteiger partial charge < -0.3 is 10.6 Å². The summed E-state index contributed by atoms with van der Waals surface area (Å²) in [6.07, 6.45) is 1.83. The minimum Gasteiger partial charge on any atom is -0.351 e. The predicted molar refractivity (Wildman–Crippen MR) is 70.2 cm³/mol. The van der Waals surface area contributed by atoms with Gasteiger partial charge >= 0.3 is 0 Å². The molecule has 0 aromatic rings. The van der Waals surface area contributed by atoms with Crippen LogP contribution in [0.25, 0.3) is 0 Å². The van der Waals surface area contributed by atoms with E-state index in [9.17, 15) is 13.2 Å². The van der Waals surface area contributed by atoms with E-state index in [2.05, 4.69) is 10.6 Å². The van der Waals surface area contributed by atoms with Crippen molar-refractivity contribution in [2.45, 2.75) is 38.8 Å². The van der Waals surface area contributed by atoms with Gasteiger partial charge in [-0.15, -0.1) is 12.4 Å². The molecule has 1 amide bonds. The molecule has 0 saturated carbocycles. The summed E-state index contributed by atoms with van der Waals surface area (Å²) >= 11 is 0. The van der Waals surface area contributed by atoms with Crippen molar-refractivity contribution >= 4 is 28.2 Å². The van der Waals surface area contributed by atoms with E-state index in [4.69, 9.17) is 0 Å². The first kappa shape index (κ1) is 16.7. The predicted octanol–water partition coefficient (Wildman–Crippen LogP) is 0.0996. The number of hydrogen-bond donors (Lipinski definition) is 2. The number of halogens is 1. The van der Waals surface area contributed by atoms with Crippen molar-refractivity contribution in [1.29, 1.82) is 0 Å².